The molecule has 2 aromatic rings. The third-order valence-corrected chi connectivity index (χ3v) is 3.56. The summed E-state index contributed by atoms with van der Waals surface area (Å²) >= 11 is 1.37. The largest absolute Gasteiger partial charge is 0.382 e. The molecule has 1 heterocycles. The minimum Gasteiger partial charge on any atom is -0.382 e. The lowest BCUT2D eigenvalue weighted by Gasteiger charge is -2.08. The van der Waals surface area contributed by atoms with Gasteiger partial charge in [-0.25, -0.2) is 0 Å². The Bertz CT molecular complexity index is 516. The number of nitrogens with one attached hydrogen (secondary N) is 1. The number of hydrogen-bond acceptors (Lipinski definition) is 6. The van der Waals surface area contributed by atoms with E-state index in [1.807, 2.05) is 30.3 Å². The number of hydrogen-bond donors (Lipinski definition) is 2. The fraction of sp³-hybridized carbons (Fsp3) is 0.357. The summed E-state index contributed by atoms with van der Waals surface area (Å²) in [5.74, 6) is 0.559. The molecule has 0 fully saturated rings. The molecular formula is C14H19N3O2S. The molecule has 0 aliphatic heterocycles. The van der Waals surface area contributed by atoms with E-state index in [0.29, 0.717) is 32.2 Å². The lowest BCUT2D eigenvalue weighted by atomic mass is 10.1. The van der Waals surface area contributed by atoms with Gasteiger partial charge in [-0.05, 0) is 17.1 Å². The molecule has 0 bridgehead atoms. The van der Waals surface area contributed by atoms with Gasteiger partial charge in [0.1, 0.15) is 10.8 Å². The van der Waals surface area contributed by atoms with Crippen LogP contribution in [0, 0.1) is 0 Å². The first kappa shape index (κ1) is 14.8. The molecule has 0 saturated carbocycles. The van der Waals surface area contributed by atoms with Crippen LogP contribution in [0.25, 0.3) is 11.1 Å². The zero-order chi connectivity index (χ0) is 14.2. The van der Waals surface area contributed by atoms with Crippen molar-refractivity contribution in [1.29, 1.82) is 0 Å². The normalized spacial score (nSPS) is 10.7. The van der Waals surface area contributed by atoms with Crippen molar-refractivity contribution >= 4 is 22.4 Å². The van der Waals surface area contributed by atoms with E-state index in [-0.39, 0.29) is 0 Å². The van der Waals surface area contributed by atoms with Crippen LogP contribution in [-0.2, 0) is 9.47 Å². The van der Waals surface area contributed by atoms with Crippen LogP contribution in [0.1, 0.15) is 0 Å². The van der Waals surface area contributed by atoms with Crippen LogP contribution in [0.2, 0.25) is 0 Å². The van der Waals surface area contributed by atoms with Gasteiger partial charge in [0.2, 0.25) is 0 Å². The van der Waals surface area contributed by atoms with Crippen molar-refractivity contribution in [1.82, 2.24) is 4.37 Å². The fourth-order valence-corrected chi connectivity index (χ4v) is 2.55. The number of nitrogen functional groups attached to an aromatic ring is 1. The van der Waals surface area contributed by atoms with Crippen molar-refractivity contribution in [2.75, 3.05) is 44.5 Å². The molecule has 2 rings (SSSR count). The van der Waals surface area contributed by atoms with Crippen LogP contribution in [0.5, 0.6) is 0 Å². The minimum absolute atomic E-state index is 0.559. The van der Waals surface area contributed by atoms with Crippen LogP contribution in [0.3, 0.4) is 0 Å². The second-order valence-corrected chi connectivity index (χ2v) is 4.94. The highest BCUT2D eigenvalue weighted by molar-refractivity contribution is 7.11. The SMILES string of the molecule is COCCOCCNc1snc(N)c1-c1ccccc1. The summed E-state index contributed by atoms with van der Waals surface area (Å²) in [6.45, 7) is 2.55. The van der Waals surface area contributed by atoms with Crippen LogP contribution in [-0.4, -0.2) is 37.8 Å². The number of methoxy groups -OCH3 is 1. The standard InChI is InChI=1S/C14H19N3O2S/c1-18-9-10-19-8-7-16-14-12(13(15)17-20-14)11-5-3-2-4-6-11/h2-6,16H,7-10H2,1H3,(H2,15,17). The van der Waals surface area contributed by atoms with Crippen molar-refractivity contribution in [3.63, 3.8) is 0 Å². The Morgan fingerprint density at radius 2 is 2.00 bits per heavy atom. The summed E-state index contributed by atoms with van der Waals surface area (Å²) < 4.78 is 14.5. The fourth-order valence-electron chi connectivity index (χ4n) is 1.79. The van der Waals surface area contributed by atoms with E-state index in [4.69, 9.17) is 15.2 Å². The molecule has 0 atom stereocenters. The molecule has 1 aromatic heterocycles. The van der Waals surface area contributed by atoms with Crippen molar-refractivity contribution < 1.29 is 9.47 Å². The predicted molar refractivity (Wildman–Crippen MR) is 83.1 cm³/mol. The number of nitrogens with zero attached hydrogens (tertiary/aromatic N) is 1. The molecule has 20 heavy (non-hydrogen) atoms. The van der Waals surface area contributed by atoms with Crippen LogP contribution in [0.15, 0.2) is 30.3 Å². The molecule has 0 unspecified atom stereocenters. The van der Waals surface area contributed by atoms with Crippen LogP contribution >= 0.6 is 11.5 Å². The Morgan fingerprint density at radius 3 is 2.75 bits per heavy atom. The maximum Gasteiger partial charge on any atom is 0.147 e. The molecule has 5 nitrogen and oxygen atoms in total. The number of benzene rings is 1. The first-order valence-corrected chi connectivity index (χ1v) is 7.21. The molecule has 0 aliphatic rings. The average molecular weight is 293 g/mol. The molecule has 0 spiro atoms. The molecule has 3 N–H and O–H groups in total. The molecule has 6 heteroatoms. The maximum atomic E-state index is 5.95. The van der Waals surface area contributed by atoms with Crippen molar-refractivity contribution in [3.8, 4) is 11.1 Å². The molecule has 108 valence electrons. The number of anilines is 2. The van der Waals surface area contributed by atoms with E-state index in [9.17, 15) is 0 Å². The summed E-state index contributed by atoms with van der Waals surface area (Å²) in [5.41, 5.74) is 7.99. The second kappa shape index (κ2) is 7.84. The van der Waals surface area contributed by atoms with Gasteiger partial charge in [-0.15, -0.1) is 0 Å². The zero-order valence-corrected chi connectivity index (χ0v) is 12.3. The minimum atomic E-state index is 0.559. The van der Waals surface area contributed by atoms with Gasteiger partial charge >= 0.3 is 0 Å². The number of nitrogens with two attached hydrogens (primary N) is 1. The first-order chi connectivity index (χ1) is 9.83. The Kier molecular flexibility index (Phi) is 5.79. The molecule has 0 saturated heterocycles. The highest BCUT2D eigenvalue weighted by Gasteiger charge is 2.12. The van der Waals surface area contributed by atoms with Crippen molar-refractivity contribution in [3.05, 3.63) is 30.3 Å². The first-order valence-electron chi connectivity index (χ1n) is 6.44. The lowest BCUT2D eigenvalue weighted by Crippen LogP contribution is -2.11. The van der Waals surface area contributed by atoms with Gasteiger partial charge in [0.05, 0.1) is 25.4 Å². The van der Waals surface area contributed by atoms with Crippen LogP contribution in [0.4, 0.5) is 10.8 Å². The topological polar surface area (TPSA) is 69.4 Å². The number of aromatic nitrogens is 1. The third kappa shape index (κ3) is 3.93. The Balaban J connectivity index is 1.93. The Labute approximate surface area is 122 Å². The smallest absolute Gasteiger partial charge is 0.147 e. The van der Waals surface area contributed by atoms with E-state index >= 15 is 0 Å². The average Bonchev–Trinajstić information content (AvgIpc) is 2.84. The zero-order valence-electron chi connectivity index (χ0n) is 11.5. The lowest BCUT2D eigenvalue weighted by molar-refractivity contribution is 0.0759. The van der Waals surface area contributed by atoms with Gasteiger partial charge in [0.15, 0.2) is 0 Å². The Morgan fingerprint density at radius 1 is 1.20 bits per heavy atom. The molecular weight excluding hydrogens is 274 g/mol. The summed E-state index contributed by atoms with van der Waals surface area (Å²) in [6, 6.07) is 10.0. The molecule has 0 aliphatic carbocycles. The monoisotopic (exact) mass is 293 g/mol. The number of rotatable bonds is 8. The Hall–Kier alpha value is -1.63. The van der Waals surface area contributed by atoms with Crippen molar-refractivity contribution in [2.45, 2.75) is 0 Å². The van der Waals surface area contributed by atoms with Gasteiger partial charge in [0, 0.05) is 13.7 Å². The van der Waals surface area contributed by atoms with E-state index in [0.717, 1.165) is 16.1 Å². The quantitative estimate of drug-likeness (QED) is 0.732. The van der Waals surface area contributed by atoms with Gasteiger partial charge in [-0.3, -0.25) is 0 Å². The summed E-state index contributed by atoms with van der Waals surface area (Å²) in [5, 5.41) is 4.30. The summed E-state index contributed by atoms with van der Waals surface area (Å²) in [7, 11) is 1.66. The van der Waals surface area contributed by atoms with Gasteiger partial charge in [0.25, 0.3) is 0 Å². The predicted octanol–water partition coefficient (Wildman–Crippen LogP) is 2.47. The molecule has 0 radical (unpaired) electrons. The molecule has 1 aromatic carbocycles. The van der Waals surface area contributed by atoms with Gasteiger partial charge in [-0.1, -0.05) is 30.3 Å². The van der Waals surface area contributed by atoms with Gasteiger partial charge < -0.3 is 20.5 Å². The summed E-state index contributed by atoms with van der Waals surface area (Å²) in [6.07, 6.45) is 0. The second-order valence-electron chi connectivity index (χ2n) is 4.17. The van der Waals surface area contributed by atoms with Crippen LogP contribution < -0.4 is 11.1 Å². The highest BCUT2D eigenvalue weighted by atomic mass is 32.1. The third-order valence-electron chi connectivity index (χ3n) is 2.74. The van der Waals surface area contributed by atoms with Gasteiger partial charge in [-0.2, -0.15) is 4.37 Å². The van der Waals surface area contributed by atoms with E-state index < -0.39 is 0 Å². The van der Waals surface area contributed by atoms with E-state index in [2.05, 4.69) is 9.69 Å². The molecule has 0 amide bonds. The van der Waals surface area contributed by atoms with E-state index in [1.165, 1.54) is 11.5 Å². The van der Waals surface area contributed by atoms with E-state index in [1.54, 1.807) is 7.11 Å². The number of ether oxygens (including phenoxy) is 2. The van der Waals surface area contributed by atoms with Crippen molar-refractivity contribution in [2.24, 2.45) is 0 Å². The highest BCUT2D eigenvalue weighted by Crippen LogP contribution is 2.36. The maximum absolute atomic E-state index is 5.95. The summed E-state index contributed by atoms with van der Waals surface area (Å²) in [4.78, 5) is 0.